The zero-order valence-corrected chi connectivity index (χ0v) is 11.9. The number of aromatic amines is 1. The third kappa shape index (κ3) is 2.75. The van der Waals surface area contributed by atoms with Crippen molar-refractivity contribution in [1.29, 1.82) is 0 Å². The van der Waals surface area contributed by atoms with Crippen molar-refractivity contribution in [3.8, 4) is 0 Å². The van der Waals surface area contributed by atoms with Gasteiger partial charge in [0.2, 0.25) is 0 Å². The summed E-state index contributed by atoms with van der Waals surface area (Å²) in [5.41, 5.74) is 0.981. The molecule has 0 bridgehead atoms. The van der Waals surface area contributed by atoms with Crippen LogP contribution in [0, 0.1) is 10.6 Å². The molecule has 1 atom stereocenters. The van der Waals surface area contributed by atoms with E-state index in [0.29, 0.717) is 16.5 Å². The third-order valence-corrected chi connectivity index (χ3v) is 3.48. The fourth-order valence-electron chi connectivity index (χ4n) is 2.25. The van der Waals surface area contributed by atoms with Crippen LogP contribution in [0.5, 0.6) is 0 Å². The Balaban J connectivity index is 2.48. The molecule has 0 radical (unpaired) electrons. The van der Waals surface area contributed by atoms with Gasteiger partial charge in [0.1, 0.15) is 10.5 Å². The molecule has 0 aliphatic carbocycles. The number of hydrogen-bond donors (Lipinski definition) is 1. The van der Waals surface area contributed by atoms with Crippen molar-refractivity contribution in [1.82, 2.24) is 15.0 Å². The van der Waals surface area contributed by atoms with Gasteiger partial charge in [-0.2, -0.15) is 0 Å². The highest BCUT2D eigenvalue weighted by Crippen LogP contribution is 2.25. The van der Waals surface area contributed by atoms with E-state index in [1.807, 2.05) is 12.3 Å². The van der Waals surface area contributed by atoms with Crippen LogP contribution >= 0.6 is 12.2 Å². The number of H-pyrrole nitrogens is 1. The van der Waals surface area contributed by atoms with Crippen molar-refractivity contribution in [2.75, 3.05) is 0 Å². The Morgan fingerprint density at radius 3 is 2.83 bits per heavy atom. The Bertz CT molecular complexity index is 589. The Kier molecular flexibility index (Phi) is 4.07. The molecule has 0 fully saturated rings. The molecular formula is C14H19N3S. The van der Waals surface area contributed by atoms with Gasteiger partial charge in [-0.25, -0.2) is 4.98 Å². The lowest BCUT2D eigenvalue weighted by molar-refractivity contribution is 0.473. The number of hydrogen-bond acceptors (Lipinski definition) is 3. The molecule has 0 spiro atoms. The molecule has 96 valence electrons. The molecule has 18 heavy (non-hydrogen) atoms. The first-order valence-electron chi connectivity index (χ1n) is 6.45. The molecule has 0 aliphatic heterocycles. The Hall–Kier alpha value is -1.29. The summed E-state index contributed by atoms with van der Waals surface area (Å²) in [5.74, 6) is 2.09. The minimum atomic E-state index is 0.441. The quantitative estimate of drug-likeness (QED) is 0.837. The maximum Gasteiger partial charge on any atom is 0.137 e. The number of nitrogens with zero attached hydrogens (tertiary/aromatic N) is 2. The highest BCUT2D eigenvalue weighted by molar-refractivity contribution is 7.71. The average molecular weight is 261 g/mol. The van der Waals surface area contributed by atoms with E-state index in [0.717, 1.165) is 29.6 Å². The van der Waals surface area contributed by atoms with Crippen LogP contribution in [0.1, 0.15) is 45.4 Å². The average Bonchev–Trinajstić information content (AvgIpc) is 2.35. The first-order chi connectivity index (χ1) is 8.61. The standard InChI is InChI=1S/C14H19N3S/c1-4-10(7-9(2)3)13-16-12-8-15-6-5-11(12)14(18)17-13/h5-6,8-10H,4,7H2,1-3H3,(H,16,17,18). The van der Waals surface area contributed by atoms with Crippen molar-refractivity contribution < 1.29 is 0 Å². The Morgan fingerprint density at radius 2 is 2.17 bits per heavy atom. The summed E-state index contributed by atoms with van der Waals surface area (Å²) in [7, 11) is 0. The molecule has 2 aromatic rings. The highest BCUT2D eigenvalue weighted by atomic mass is 32.1. The summed E-state index contributed by atoms with van der Waals surface area (Å²) in [4.78, 5) is 12.1. The Labute approximate surface area is 113 Å². The topological polar surface area (TPSA) is 41.6 Å². The maximum atomic E-state index is 5.36. The van der Waals surface area contributed by atoms with Crippen molar-refractivity contribution in [3.05, 3.63) is 28.9 Å². The Morgan fingerprint density at radius 1 is 1.39 bits per heavy atom. The zero-order chi connectivity index (χ0) is 13.1. The summed E-state index contributed by atoms with van der Waals surface area (Å²) in [6, 6.07) is 1.91. The molecule has 0 amide bonds. The summed E-state index contributed by atoms with van der Waals surface area (Å²) in [5, 5.41) is 0.975. The predicted octanol–water partition coefficient (Wildman–Crippen LogP) is 4.23. The van der Waals surface area contributed by atoms with Gasteiger partial charge in [0.05, 0.1) is 11.7 Å². The van der Waals surface area contributed by atoms with E-state index >= 15 is 0 Å². The van der Waals surface area contributed by atoms with E-state index in [-0.39, 0.29) is 0 Å². The van der Waals surface area contributed by atoms with E-state index in [1.54, 1.807) is 6.20 Å². The number of pyridine rings is 1. The summed E-state index contributed by atoms with van der Waals surface area (Å²) < 4.78 is 0.670. The molecule has 0 aromatic carbocycles. The van der Waals surface area contributed by atoms with E-state index in [2.05, 4.69) is 35.7 Å². The molecule has 0 aliphatic rings. The number of aromatic nitrogens is 3. The first-order valence-corrected chi connectivity index (χ1v) is 6.86. The molecule has 4 heteroatoms. The minimum Gasteiger partial charge on any atom is -0.342 e. The lowest BCUT2D eigenvalue weighted by atomic mass is 9.94. The molecular weight excluding hydrogens is 242 g/mol. The van der Waals surface area contributed by atoms with Crippen LogP contribution in [0.25, 0.3) is 10.9 Å². The zero-order valence-electron chi connectivity index (χ0n) is 11.1. The first kappa shape index (κ1) is 13.1. The predicted molar refractivity (Wildman–Crippen MR) is 77.2 cm³/mol. The van der Waals surface area contributed by atoms with Crippen LogP contribution in [0.15, 0.2) is 18.5 Å². The van der Waals surface area contributed by atoms with Crippen LogP contribution in [-0.4, -0.2) is 15.0 Å². The molecule has 2 rings (SSSR count). The van der Waals surface area contributed by atoms with E-state index in [9.17, 15) is 0 Å². The number of rotatable bonds is 4. The molecule has 2 aromatic heterocycles. The fraction of sp³-hybridized carbons (Fsp3) is 0.500. The van der Waals surface area contributed by atoms with Crippen LogP contribution in [0.3, 0.4) is 0 Å². The van der Waals surface area contributed by atoms with Crippen molar-refractivity contribution in [2.45, 2.75) is 39.5 Å². The SMILES string of the molecule is CCC(CC(C)C)c1nc(=S)c2ccncc2[nH]1. The van der Waals surface area contributed by atoms with Crippen molar-refractivity contribution >= 4 is 23.1 Å². The van der Waals surface area contributed by atoms with Gasteiger partial charge in [0.25, 0.3) is 0 Å². The van der Waals surface area contributed by atoms with Gasteiger partial charge in [-0.1, -0.05) is 33.0 Å². The molecule has 1 N–H and O–H groups in total. The second-order valence-electron chi connectivity index (χ2n) is 5.08. The van der Waals surface area contributed by atoms with Gasteiger partial charge in [0.15, 0.2) is 0 Å². The summed E-state index contributed by atoms with van der Waals surface area (Å²) >= 11 is 5.36. The largest absolute Gasteiger partial charge is 0.342 e. The van der Waals surface area contributed by atoms with Crippen molar-refractivity contribution in [3.63, 3.8) is 0 Å². The van der Waals surface area contributed by atoms with Gasteiger partial charge < -0.3 is 4.98 Å². The minimum absolute atomic E-state index is 0.441. The van der Waals surface area contributed by atoms with Gasteiger partial charge in [-0.15, -0.1) is 0 Å². The molecule has 2 heterocycles. The van der Waals surface area contributed by atoms with Gasteiger partial charge >= 0.3 is 0 Å². The lowest BCUT2D eigenvalue weighted by Crippen LogP contribution is -2.07. The third-order valence-electron chi connectivity index (χ3n) is 3.17. The summed E-state index contributed by atoms with van der Waals surface area (Å²) in [6.07, 6.45) is 5.76. The van der Waals surface area contributed by atoms with Crippen LogP contribution in [0.2, 0.25) is 0 Å². The normalized spacial score (nSPS) is 13.1. The maximum absolute atomic E-state index is 5.36. The molecule has 3 nitrogen and oxygen atoms in total. The highest BCUT2D eigenvalue weighted by Gasteiger charge is 2.14. The second kappa shape index (κ2) is 5.57. The fourth-order valence-corrected chi connectivity index (χ4v) is 2.53. The van der Waals surface area contributed by atoms with Crippen LogP contribution in [0.4, 0.5) is 0 Å². The van der Waals surface area contributed by atoms with Gasteiger partial charge in [-0.05, 0) is 24.8 Å². The second-order valence-corrected chi connectivity index (χ2v) is 5.47. The molecule has 0 saturated heterocycles. The molecule has 0 saturated carbocycles. The summed E-state index contributed by atoms with van der Waals surface area (Å²) in [6.45, 7) is 6.67. The number of nitrogens with one attached hydrogen (secondary N) is 1. The van der Waals surface area contributed by atoms with Gasteiger partial charge in [-0.3, -0.25) is 4.98 Å². The lowest BCUT2D eigenvalue weighted by Gasteiger charge is -2.17. The van der Waals surface area contributed by atoms with Crippen LogP contribution < -0.4 is 0 Å². The number of fused-ring (bicyclic) bond motifs is 1. The van der Waals surface area contributed by atoms with E-state index < -0.39 is 0 Å². The van der Waals surface area contributed by atoms with E-state index in [4.69, 9.17) is 12.2 Å². The van der Waals surface area contributed by atoms with Crippen molar-refractivity contribution in [2.24, 2.45) is 5.92 Å². The molecule has 1 unspecified atom stereocenters. The van der Waals surface area contributed by atoms with E-state index in [1.165, 1.54) is 0 Å². The monoisotopic (exact) mass is 261 g/mol. The van der Waals surface area contributed by atoms with Crippen LogP contribution in [-0.2, 0) is 0 Å². The smallest absolute Gasteiger partial charge is 0.137 e. The van der Waals surface area contributed by atoms with Gasteiger partial charge in [0, 0.05) is 17.5 Å².